The number of amidine groups is 2. The maximum absolute atomic E-state index is 10.6. The highest BCUT2D eigenvalue weighted by atomic mass is 16.6. The first kappa shape index (κ1) is 15.3. The molecule has 3 rings (SSSR count). The Hall–Kier alpha value is -3.62. The molecule has 0 aliphatic carbocycles. The summed E-state index contributed by atoms with van der Waals surface area (Å²) in [5.74, 6) is 0.346. The molecule has 24 heavy (non-hydrogen) atoms. The van der Waals surface area contributed by atoms with Crippen LogP contribution in [0.25, 0.3) is 0 Å². The number of aliphatic imine (C=N–C) groups is 2. The number of rotatable bonds is 3. The van der Waals surface area contributed by atoms with E-state index in [9.17, 15) is 10.1 Å². The summed E-state index contributed by atoms with van der Waals surface area (Å²) in [5.41, 5.74) is 13.5. The number of hydrogen-bond donors (Lipinski definition) is 2. The van der Waals surface area contributed by atoms with Crippen LogP contribution in [0.2, 0.25) is 0 Å². The maximum Gasteiger partial charge on any atom is 0.269 e. The molecule has 0 aromatic heterocycles. The number of azo groups is 1. The molecule has 0 unspecified atom stereocenters. The molecule has 0 radical (unpaired) electrons. The molecule has 0 fully saturated rings. The van der Waals surface area contributed by atoms with Crippen LogP contribution in [-0.4, -0.2) is 22.6 Å². The molecule has 0 saturated carbocycles. The summed E-state index contributed by atoms with van der Waals surface area (Å²) in [7, 11) is 0. The van der Waals surface area contributed by atoms with Gasteiger partial charge in [-0.25, -0.2) is 9.98 Å². The lowest BCUT2D eigenvalue weighted by molar-refractivity contribution is -0.384. The Morgan fingerprint density at radius 2 is 1.50 bits per heavy atom. The van der Waals surface area contributed by atoms with Gasteiger partial charge in [0.2, 0.25) is 0 Å². The third-order valence-electron chi connectivity index (χ3n) is 3.29. The molecule has 1 aliphatic rings. The molecule has 0 atom stereocenters. The van der Waals surface area contributed by atoms with Crippen molar-refractivity contribution in [2.24, 2.45) is 31.7 Å². The molecule has 2 aromatic carbocycles. The molecule has 2 aromatic rings. The number of fused-ring (bicyclic) bond motifs is 1. The normalized spacial score (nSPS) is 14.7. The van der Waals surface area contributed by atoms with Gasteiger partial charge in [-0.15, -0.1) is 0 Å². The third-order valence-corrected chi connectivity index (χ3v) is 3.29. The van der Waals surface area contributed by atoms with E-state index >= 15 is 0 Å². The van der Waals surface area contributed by atoms with E-state index in [0.717, 1.165) is 0 Å². The van der Waals surface area contributed by atoms with Crippen molar-refractivity contribution in [3.05, 3.63) is 58.6 Å². The number of non-ortho nitro benzene ring substituents is 1. The highest BCUT2D eigenvalue weighted by Gasteiger charge is 2.21. The average Bonchev–Trinajstić information content (AvgIpc) is 2.68. The molecule has 4 N–H and O–H groups in total. The van der Waals surface area contributed by atoms with E-state index in [4.69, 9.17) is 11.5 Å². The van der Waals surface area contributed by atoms with E-state index in [-0.39, 0.29) is 17.4 Å². The van der Waals surface area contributed by atoms with Crippen molar-refractivity contribution in [1.29, 1.82) is 0 Å². The summed E-state index contributed by atoms with van der Waals surface area (Å²) in [5, 5.41) is 18.7. The highest BCUT2D eigenvalue weighted by molar-refractivity contribution is 6.11. The fourth-order valence-corrected chi connectivity index (χ4v) is 2.09. The van der Waals surface area contributed by atoms with Crippen LogP contribution in [0, 0.1) is 10.1 Å². The Labute approximate surface area is 136 Å². The number of hydrogen-bond acceptors (Lipinski definition) is 8. The third kappa shape index (κ3) is 3.09. The van der Waals surface area contributed by atoms with Crippen LogP contribution in [0.3, 0.4) is 0 Å². The Balaban J connectivity index is 1.88. The first-order valence-electron chi connectivity index (χ1n) is 6.97. The number of benzene rings is 2. The van der Waals surface area contributed by atoms with Crippen LogP contribution in [0.1, 0.15) is 0 Å². The Morgan fingerprint density at radius 3 is 2.00 bits per heavy atom. The van der Waals surface area contributed by atoms with E-state index in [0.29, 0.717) is 17.1 Å². The van der Waals surface area contributed by atoms with Crippen LogP contribution >= 0.6 is 0 Å². The maximum atomic E-state index is 10.6. The number of nitro groups is 1. The zero-order valence-electron chi connectivity index (χ0n) is 12.4. The van der Waals surface area contributed by atoms with Crippen LogP contribution < -0.4 is 11.5 Å². The summed E-state index contributed by atoms with van der Waals surface area (Å²) >= 11 is 0. The fraction of sp³-hybridized carbons (Fsp3) is 0.0667. The van der Waals surface area contributed by atoms with Crippen molar-refractivity contribution >= 4 is 34.4 Å². The van der Waals surface area contributed by atoms with Gasteiger partial charge in [0.1, 0.15) is 11.7 Å². The van der Waals surface area contributed by atoms with Gasteiger partial charge in [0, 0.05) is 12.1 Å². The molecular formula is C15H13N7O2. The summed E-state index contributed by atoms with van der Waals surface area (Å²) in [6, 6.07) is 12.0. The monoisotopic (exact) mass is 323 g/mol. The van der Waals surface area contributed by atoms with Gasteiger partial charge < -0.3 is 11.5 Å². The van der Waals surface area contributed by atoms with Gasteiger partial charge in [-0.05, 0) is 24.3 Å². The van der Waals surface area contributed by atoms with E-state index < -0.39 is 11.0 Å². The second-order valence-electron chi connectivity index (χ2n) is 4.95. The molecule has 0 amide bonds. The molecule has 9 heteroatoms. The lowest BCUT2D eigenvalue weighted by atomic mass is 10.2. The van der Waals surface area contributed by atoms with E-state index in [2.05, 4.69) is 20.2 Å². The lowest BCUT2D eigenvalue weighted by Gasteiger charge is -2.07. The molecule has 0 saturated heterocycles. The summed E-state index contributed by atoms with van der Waals surface area (Å²) in [6.07, 6.45) is 0. The minimum absolute atomic E-state index is 0.0268. The van der Waals surface area contributed by atoms with Crippen molar-refractivity contribution < 1.29 is 4.92 Å². The van der Waals surface area contributed by atoms with Crippen molar-refractivity contribution in [1.82, 2.24) is 0 Å². The van der Waals surface area contributed by atoms with Gasteiger partial charge >= 0.3 is 0 Å². The summed E-state index contributed by atoms with van der Waals surface area (Å²) in [6.45, 7) is 0. The fourth-order valence-electron chi connectivity index (χ4n) is 2.09. The molecule has 0 spiro atoms. The van der Waals surface area contributed by atoms with Crippen molar-refractivity contribution in [3.8, 4) is 0 Å². The second-order valence-corrected chi connectivity index (χ2v) is 4.95. The predicted molar refractivity (Wildman–Crippen MR) is 90.4 cm³/mol. The van der Waals surface area contributed by atoms with E-state index in [1.54, 1.807) is 12.1 Å². The zero-order valence-corrected chi connectivity index (χ0v) is 12.4. The first-order chi connectivity index (χ1) is 11.5. The van der Waals surface area contributed by atoms with Gasteiger partial charge in [0.15, 0.2) is 6.04 Å². The van der Waals surface area contributed by atoms with Crippen molar-refractivity contribution in [2.45, 2.75) is 6.04 Å². The van der Waals surface area contributed by atoms with Gasteiger partial charge in [0.25, 0.3) is 5.69 Å². The first-order valence-corrected chi connectivity index (χ1v) is 6.97. The molecular weight excluding hydrogens is 310 g/mol. The largest absolute Gasteiger partial charge is 0.385 e. The van der Waals surface area contributed by atoms with E-state index in [1.165, 1.54) is 24.3 Å². The molecule has 1 heterocycles. The standard InChI is InChI=1S/C15H13N7O2/c16-14-13(15(17)19-12-4-2-1-3-11(12)18-14)21-20-9-5-7-10(8-6-9)22(23)24/h1-8,13H,(H2,16,18)(H2,17,19). The SMILES string of the molecule is NC1=Nc2ccccc2N=C(N)C1N=Nc1ccc([N+](=O)[O-])cc1. The minimum atomic E-state index is -0.799. The summed E-state index contributed by atoms with van der Waals surface area (Å²) in [4.78, 5) is 18.7. The topological polar surface area (TPSA) is 145 Å². The minimum Gasteiger partial charge on any atom is -0.385 e. The van der Waals surface area contributed by atoms with Crippen LogP contribution in [0.4, 0.5) is 22.7 Å². The van der Waals surface area contributed by atoms with Gasteiger partial charge in [-0.1, -0.05) is 12.1 Å². The van der Waals surface area contributed by atoms with Crippen LogP contribution in [0.5, 0.6) is 0 Å². The quantitative estimate of drug-likeness (QED) is 0.508. The van der Waals surface area contributed by atoms with Crippen LogP contribution in [0.15, 0.2) is 68.7 Å². The van der Waals surface area contributed by atoms with E-state index in [1.807, 2.05) is 12.1 Å². The highest BCUT2D eigenvalue weighted by Crippen LogP contribution is 2.30. The molecule has 1 aliphatic heterocycles. The van der Waals surface area contributed by atoms with Crippen LogP contribution in [-0.2, 0) is 0 Å². The number of para-hydroxylation sites is 2. The molecule has 9 nitrogen and oxygen atoms in total. The summed E-state index contributed by atoms with van der Waals surface area (Å²) < 4.78 is 0. The number of nitro benzene ring substituents is 1. The van der Waals surface area contributed by atoms with Crippen molar-refractivity contribution in [3.63, 3.8) is 0 Å². The van der Waals surface area contributed by atoms with Gasteiger partial charge in [-0.2, -0.15) is 10.2 Å². The smallest absolute Gasteiger partial charge is 0.269 e. The second kappa shape index (κ2) is 6.24. The van der Waals surface area contributed by atoms with Gasteiger partial charge in [-0.3, -0.25) is 10.1 Å². The Kier molecular flexibility index (Phi) is 3.98. The predicted octanol–water partition coefficient (Wildman–Crippen LogP) is 2.74. The Morgan fingerprint density at radius 1 is 0.958 bits per heavy atom. The zero-order chi connectivity index (χ0) is 17.1. The molecule has 0 bridgehead atoms. The number of nitrogens with two attached hydrogens (primary N) is 2. The average molecular weight is 323 g/mol. The number of nitrogens with zero attached hydrogens (tertiary/aromatic N) is 5. The van der Waals surface area contributed by atoms with Gasteiger partial charge in [0.05, 0.1) is 22.0 Å². The Bertz CT molecular complexity index is 833. The van der Waals surface area contributed by atoms with Crippen molar-refractivity contribution in [2.75, 3.05) is 0 Å². The molecule has 120 valence electrons. The lowest BCUT2D eigenvalue weighted by Crippen LogP contribution is -2.38.